The van der Waals surface area contributed by atoms with E-state index >= 15 is 0 Å². The predicted octanol–water partition coefficient (Wildman–Crippen LogP) is 2.74. The molecule has 0 spiro atoms. The van der Waals surface area contributed by atoms with Crippen LogP contribution in [0.3, 0.4) is 0 Å². The van der Waals surface area contributed by atoms with Crippen molar-refractivity contribution in [2.24, 2.45) is 4.99 Å². The van der Waals surface area contributed by atoms with E-state index in [9.17, 15) is 0 Å². The van der Waals surface area contributed by atoms with Crippen LogP contribution in [0.5, 0.6) is 5.75 Å². The van der Waals surface area contributed by atoms with Crippen LogP contribution in [0.1, 0.15) is 5.82 Å². The Bertz CT molecular complexity index is 852. The maximum atomic E-state index is 5.84. The number of halogens is 2. The molecule has 3 rings (SSSR count). The van der Waals surface area contributed by atoms with Gasteiger partial charge in [-0.1, -0.05) is 17.7 Å². The van der Waals surface area contributed by atoms with Gasteiger partial charge in [-0.05, 0) is 36.4 Å². The predicted molar refractivity (Wildman–Crippen MR) is 114 cm³/mol. The number of hydrogen-bond acceptors (Lipinski definition) is 4. The van der Waals surface area contributed by atoms with E-state index in [1.54, 1.807) is 19.2 Å². The van der Waals surface area contributed by atoms with Gasteiger partial charge in [-0.25, -0.2) is 0 Å². The smallest absolute Gasteiger partial charge is 0.191 e. The highest BCUT2D eigenvalue weighted by Crippen LogP contribution is 2.15. The summed E-state index contributed by atoms with van der Waals surface area (Å²) in [5.41, 5.74) is 0.818. The summed E-state index contributed by atoms with van der Waals surface area (Å²) in [4.78, 5) is 4.19. The normalized spacial score (nSPS) is 11.1. The lowest BCUT2D eigenvalue weighted by Crippen LogP contribution is -2.39. The van der Waals surface area contributed by atoms with Crippen molar-refractivity contribution in [3.63, 3.8) is 0 Å². The van der Waals surface area contributed by atoms with Crippen molar-refractivity contribution >= 4 is 47.2 Å². The van der Waals surface area contributed by atoms with Gasteiger partial charge in [-0.15, -0.1) is 34.2 Å². The third kappa shape index (κ3) is 5.46. The monoisotopic (exact) mass is 486 g/mol. The Morgan fingerprint density at radius 2 is 1.96 bits per heavy atom. The SMILES string of the molecule is CN=C(NCCOc1ccc(Cl)cc1)NCc1nnc2ccccn12.I. The molecule has 9 heteroatoms. The van der Waals surface area contributed by atoms with E-state index in [1.165, 1.54) is 0 Å². The molecular formula is C17H20ClIN6O. The number of nitrogens with one attached hydrogen (secondary N) is 2. The zero-order valence-corrected chi connectivity index (χ0v) is 17.3. The highest BCUT2D eigenvalue weighted by Gasteiger charge is 2.05. The zero-order valence-electron chi connectivity index (χ0n) is 14.2. The van der Waals surface area contributed by atoms with Crippen molar-refractivity contribution in [3.05, 3.63) is 59.5 Å². The Labute approximate surface area is 173 Å². The van der Waals surface area contributed by atoms with Gasteiger partial charge in [0.15, 0.2) is 17.4 Å². The van der Waals surface area contributed by atoms with Gasteiger partial charge in [-0.3, -0.25) is 9.39 Å². The Morgan fingerprint density at radius 1 is 1.15 bits per heavy atom. The summed E-state index contributed by atoms with van der Waals surface area (Å²) in [5, 5.41) is 15.4. The first-order chi connectivity index (χ1) is 12.3. The number of nitrogens with zero attached hydrogens (tertiary/aromatic N) is 4. The molecule has 0 saturated heterocycles. The summed E-state index contributed by atoms with van der Waals surface area (Å²) < 4.78 is 7.57. The fourth-order valence-electron chi connectivity index (χ4n) is 2.26. The molecule has 0 radical (unpaired) electrons. The first-order valence-electron chi connectivity index (χ1n) is 7.88. The Hall–Kier alpha value is -2.07. The molecule has 7 nitrogen and oxygen atoms in total. The molecule has 0 aliphatic rings. The minimum absolute atomic E-state index is 0. The second kappa shape index (κ2) is 10.2. The van der Waals surface area contributed by atoms with Gasteiger partial charge in [0.05, 0.1) is 13.1 Å². The average Bonchev–Trinajstić information content (AvgIpc) is 3.06. The summed E-state index contributed by atoms with van der Waals surface area (Å²) in [5.74, 6) is 2.27. The van der Waals surface area contributed by atoms with Crippen LogP contribution in [-0.4, -0.2) is 40.8 Å². The van der Waals surface area contributed by atoms with Crippen LogP contribution in [0.25, 0.3) is 5.65 Å². The molecule has 26 heavy (non-hydrogen) atoms. The fraction of sp³-hybridized carbons (Fsp3) is 0.235. The standard InChI is InChI=1S/C17H19ClN6O.HI/c1-19-17(20-9-11-25-14-7-5-13(18)6-8-14)21-12-16-23-22-15-4-2-3-10-24(15)16;/h2-8,10H,9,11-12H2,1H3,(H2,19,20,21);1H. The van der Waals surface area contributed by atoms with E-state index < -0.39 is 0 Å². The van der Waals surface area contributed by atoms with Crippen molar-refractivity contribution in [1.29, 1.82) is 0 Å². The largest absolute Gasteiger partial charge is 0.492 e. The molecule has 0 bridgehead atoms. The molecule has 0 aliphatic carbocycles. The molecule has 0 amide bonds. The average molecular weight is 487 g/mol. The molecule has 0 aliphatic heterocycles. The molecule has 2 heterocycles. The molecule has 3 aromatic rings. The van der Waals surface area contributed by atoms with Gasteiger partial charge in [0.1, 0.15) is 12.4 Å². The van der Waals surface area contributed by atoms with Crippen LogP contribution in [0.2, 0.25) is 5.02 Å². The van der Waals surface area contributed by atoms with E-state index in [4.69, 9.17) is 16.3 Å². The summed E-state index contributed by atoms with van der Waals surface area (Å²) in [6, 6.07) is 13.1. The second-order valence-corrected chi connectivity index (χ2v) is 5.64. The number of hydrogen-bond donors (Lipinski definition) is 2. The van der Waals surface area contributed by atoms with E-state index in [0.29, 0.717) is 30.7 Å². The highest BCUT2D eigenvalue weighted by molar-refractivity contribution is 14.0. The number of ether oxygens (including phenoxy) is 1. The number of pyridine rings is 1. The lowest BCUT2D eigenvalue weighted by Gasteiger charge is -2.12. The summed E-state index contributed by atoms with van der Waals surface area (Å²) in [6.07, 6.45) is 1.93. The van der Waals surface area contributed by atoms with Crippen LogP contribution in [0.4, 0.5) is 0 Å². The molecule has 138 valence electrons. The van der Waals surface area contributed by atoms with Crippen LogP contribution < -0.4 is 15.4 Å². The minimum Gasteiger partial charge on any atom is -0.492 e. The molecule has 0 unspecified atom stereocenters. The lowest BCUT2D eigenvalue weighted by molar-refractivity contribution is 0.322. The maximum absolute atomic E-state index is 5.84. The van der Waals surface area contributed by atoms with E-state index in [1.807, 2.05) is 40.9 Å². The number of guanidine groups is 1. The van der Waals surface area contributed by atoms with Gasteiger partial charge >= 0.3 is 0 Å². The van der Waals surface area contributed by atoms with Crippen molar-refractivity contribution in [3.8, 4) is 5.75 Å². The van der Waals surface area contributed by atoms with Crippen molar-refractivity contribution in [2.45, 2.75) is 6.54 Å². The van der Waals surface area contributed by atoms with Crippen molar-refractivity contribution in [2.75, 3.05) is 20.2 Å². The summed E-state index contributed by atoms with van der Waals surface area (Å²) in [7, 11) is 1.72. The topological polar surface area (TPSA) is 75.8 Å². The van der Waals surface area contributed by atoms with Crippen molar-refractivity contribution < 1.29 is 4.74 Å². The van der Waals surface area contributed by atoms with Crippen LogP contribution >= 0.6 is 35.6 Å². The van der Waals surface area contributed by atoms with Gasteiger partial charge in [0, 0.05) is 18.3 Å². The Balaban J connectivity index is 0.00000243. The first kappa shape index (κ1) is 20.2. The lowest BCUT2D eigenvalue weighted by atomic mass is 10.3. The van der Waals surface area contributed by atoms with Gasteiger partial charge < -0.3 is 15.4 Å². The Kier molecular flexibility index (Phi) is 7.92. The fourth-order valence-corrected chi connectivity index (χ4v) is 2.39. The van der Waals surface area contributed by atoms with E-state index in [0.717, 1.165) is 17.2 Å². The molecule has 2 aromatic heterocycles. The number of aliphatic imine (C=N–C) groups is 1. The van der Waals surface area contributed by atoms with Gasteiger partial charge in [-0.2, -0.15) is 0 Å². The molecule has 0 saturated carbocycles. The molecule has 0 atom stereocenters. The second-order valence-electron chi connectivity index (χ2n) is 5.20. The van der Waals surface area contributed by atoms with Crippen LogP contribution in [0.15, 0.2) is 53.7 Å². The summed E-state index contributed by atoms with van der Waals surface area (Å²) >= 11 is 5.84. The molecule has 0 fully saturated rings. The number of fused-ring (bicyclic) bond motifs is 1. The third-order valence-electron chi connectivity index (χ3n) is 3.50. The highest BCUT2D eigenvalue weighted by atomic mass is 127. The van der Waals surface area contributed by atoms with E-state index in [-0.39, 0.29) is 24.0 Å². The van der Waals surface area contributed by atoms with Crippen LogP contribution in [0, 0.1) is 0 Å². The first-order valence-corrected chi connectivity index (χ1v) is 8.25. The maximum Gasteiger partial charge on any atom is 0.191 e. The zero-order chi connectivity index (χ0) is 17.5. The number of rotatable bonds is 6. The summed E-state index contributed by atoms with van der Waals surface area (Å²) in [6.45, 7) is 1.64. The Morgan fingerprint density at radius 3 is 2.73 bits per heavy atom. The van der Waals surface area contributed by atoms with E-state index in [2.05, 4.69) is 25.8 Å². The minimum atomic E-state index is 0. The van der Waals surface area contributed by atoms with Crippen molar-refractivity contribution in [1.82, 2.24) is 25.2 Å². The van der Waals surface area contributed by atoms with Gasteiger partial charge in [0.25, 0.3) is 0 Å². The third-order valence-corrected chi connectivity index (χ3v) is 3.75. The molecule has 2 N–H and O–H groups in total. The quantitative estimate of drug-likeness (QED) is 0.243. The number of benzene rings is 1. The van der Waals surface area contributed by atoms with Crippen LogP contribution in [-0.2, 0) is 6.54 Å². The molecule has 1 aromatic carbocycles. The number of aromatic nitrogens is 3. The molecular weight excluding hydrogens is 467 g/mol. The van der Waals surface area contributed by atoms with Gasteiger partial charge in [0.2, 0.25) is 0 Å².